The largest absolute Gasteiger partial charge is 0.352 e. The molecule has 0 aliphatic carbocycles. The van der Waals surface area contributed by atoms with Gasteiger partial charge in [-0.3, -0.25) is 9.00 Å². The molecule has 0 radical (unpaired) electrons. The number of nitrogens with one attached hydrogen (secondary N) is 1. The van der Waals surface area contributed by atoms with Gasteiger partial charge in [0.05, 0.1) is 10.0 Å². The van der Waals surface area contributed by atoms with Crippen LogP contribution < -0.4 is 5.32 Å². The van der Waals surface area contributed by atoms with E-state index in [9.17, 15) is 13.4 Å². The summed E-state index contributed by atoms with van der Waals surface area (Å²) >= 11 is 3.03. The molecular formula is C12H15BrFNO2S. The van der Waals surface area contributed by atoms with Crippen LogP contribution >= 0.6 is 15.9 Å². The van der Waals surface area contributed by atoms with E-state index >= 15 is 0 Å². The highest BCUT2D eigenvalue weighted by molar-refractivity contribution is 9.10. The maximum atomic E-state index is 13.6. The minimum Gasteiger partial charge on any atom is -0.352 e. The molecule has 0 saturated carbocycles. The Morgan fingerprint density at radius 1 is 1.56 bits per heavy atom. The van der Waals surface area contributed by atoms with Crippen LogP contribution in [-0.2, 0) is 10.8 Å². The Kier molecular flexibility index (Phi) is 5.95. The van der Waals surface area contributed by atoms with Crippen molar-refractivity contribution in [2.45, 2.75) is 18.6 Å². The first-order chi connectivity index (χ1) is 8.43. The summed E-state index contributed by atoms with van der Waals surface area (Å²) in [5.74, 6) is -1.02. The molecule has 3 nitrogen and oxygen atoms in total. The molecule has 1 amide bonds. The molecule has 1 rings (SSSR count). The maximum Gasteiger partial charge on any atom is 0.254 e. The van der Waals surface area contributed by atoms with E-state index in [4.69, 9.17) is 0 Å². The van der Waals surface area contributed by atoms with Gasteiger partial charge in [0, 0.05) is 28.9 Å². The van der Waals surface area contributed by atoms with Gasteiger partial charge in [0.15, 0.2) is 0 Å². The second-order valence-corrected chi connectivity index (χ2v) is 6.61. The monoisotopic (exact) mass is 335 g/mol. The Hall–Kier alpha value is -0.750. The molecule has 2 unspecified atom stereocenters. The Balaban J connectivity index is 2.56. The van der Waals surface area contributed by atoms with E-state index in [1.807, 2.05) is 6.92 Å². The molecule has 0 saturated heterocycles. The van der Waals surface area contributed by atoms with Gasteiger partial charge in [-0.05, 0) is 34.5 Å². The molecule has 0 spiro atoms. The molecule has 0 aromatic heterocycles. The molecule has 18 heavy (non-hydrogen) atoms. The summed E-state index contributed by atoms with van der Waals surface area (Å²) in [6.07, 6.45) is 2.23. The number of benzene rings is 1. The molecule has 0 fully saturated rings. The average molecular weight is 336 g/mol. The fraction of sp³-hybridized carbons (Fsp3) is 0.417. The lowest BCUT2D eigenvalue weighted by Gasteiger charge is -2.10. The van der Waals surface area contributed by atoms with Gasteiger partial charge in [-0.15, -0.1) is 0 Å². The number of hydrogen-bond acceptors (Lipinski definition) is 2. The highest BCUT2D eigenvalue weighted by Gasteiger charge is 2.14. The zero-order valence-corrected chi connectivity index (χ0v) is 12.6. The summed E-state index contributed by atoms with van der Waals surface area (Å²) in [4.78, 5) is 11.7. The minimum absolute atomic E-state index is 0.00893. The van der Waals surface area contributed by atoms with E-state index in [0.29, 0.717) is 13.0 Å². The van der Waals surface area contributed by atoms with Crippen molar-refractivity contribution in [3.63, 3.8) is 0 Å². The van der Waals surface area contributed by atoms with Crippen LogP contribution in [-0.4, -0.2) is 28.2 Å². The molecule has 0 bridgehead atoms. The number of amides is 1. The minimum atomic E-state index is -0.910. The van der Waals surface area contributed by atoms with Crippen LogP contribution in [0.5, 0.6) is 0 Å². The molecule has 0 heterocycles. The molecule has 0 aliphatic heterocycles. The Labute approximate surface area is 117 Å². The number of carbonyl (C=O) groups excluding carboxylic acids is 1. The molecule has 0 aliphatic rings. The Morgan fingerprint density at radius 2 is 2.22 bits per heavy atom. The number of halogens is 2. The second kappa shape index (κ2) is 6.99. The second-order valence-electron chi connectivity index (χ2n) is 3.96. The topological polar surface area (TPSA) is 46.2 Å². The van der Waals surface area contributed by atoms with Crippen molar-refractivity contribution >= 4 is 32.6 Å². The SMILES string of the molecule is CC(CCNC(=O)c1cccc(Br)c1F)S(C)=O. The molecule has 1 aromatic rings. The van der Waals surface area contributed by atoms with E-state index in [-0.39, 0.29) is 15.3 Å². The zero-order chi connectivity index (χ0) is 13.7. The van der Waals surface area contributed by atoms with Crippen molar-refractivity contribution < 1.29 is 13.4 Å². The lowest BCUT2D eigenvalue weighted by Crippen LogP contribution is -2.28. The first kappa shape index (κ1) is 15.3. The smallest absolute Gasteiger partial charge is 0.254 e. The lowest BCUT2D eigenvalue weighted by molar-refractivity contribution is 0.0949. The quantitative estimate of drug-likeness (QED) is 0.898. The summed E-state index contributed by atoms with van der Waals surface area (Å²) in [6, 6.07) is 4.57. The highest BCUT2D eigenvalue weighted by atomic mass is 79.9. The standard InChI is InChI=1S/C12H15BrFNO2S/c1-8(18(2)17)6-7-15-12(16)9-4-3-5-10(13)11(9)14/h3-5,8H,6-7H2,1-2H3,(H,15,16). The zero-order valence-electron chi connectivity index (χ0n) is 10.2. The van der Waals surface area contributed by atoms with Crippen molar-refractivity contribution in [3.05, 3.63) is 34.1 Å². The third kappa shape index (κ3) is 4.17. The Bertz CT molecular complexity index is 467. The summed E-state index contributed by atoms with van der Waals surface area (Å²) in [5, 5.41) is 2.63. The van der Waals surface area contributed by atoms with Crippen molar-refractivity contribution in [3.8, 4) is 0 Å². The van der Waals surface area contributed by atoms with E-state index in [0.717, 1.165) is 0 Å². The first-order valence-electron chi connectivity index (χ1n) is 5.48. The van der Waals surface area contributed by atoms with Gasteiger partial charge < -0.3 is 5.32 Å². The van der Waals surface area contributed by atoms with E-state index in [1.165, 1.54) is 12.1 Å². The summed E-state index contributed by atoms with van der Waals surface area (Å²) < 4.78 is 25.0. The maximum absolute atomic E-state index is 13.6. The fourth-order valence-corrected chi connectivity index (χ4v) is 2.15. The predicted molar refractivity (Wildman–Crippen MR) is 74.6 cm³/mol. The van der Waals surface area contributed by atoms with Gasteiger partial charge in [0.1, 0.15) is 5.82 Å². The van der Waals surface area contributed by atoms with Crippen LogP contribution in [0.15, 0.2) is 22.7 Å². The molecule has 1 aromatic carbocycles. The van der Waals surface area contributed by atoms with Crippen LogP contribution in [0.4, 0.5) is 4.39 Å². The number of hydrogen-bond donors (Lipinski definition) is 1. The third-order valence-corrected chi connectivity index (χ3v) is 4.58. The lowest BCUT2D eigenvalue weighted by atomic mass is 10.2. The van der Waals surface area contributed by atoms with Gasteiger partial charge in [0.2, 0.25) is 0 Å². The van der Waals surface area contributed by atoms with Gasteiger partial charge in [-0.2, -0.15) is 0 Å². The van der Waals surface area contributed by atoms with Gasteiger partial charge in [-0.25, -0.2) is 4.39 Å². The summed E-state index contributed by atoms with van der Waals surface area (Å²) in [6.45, 7) is 2.23. The molecular weight excluding hydrogens is 321 g/mol. The molecule has 1 N–H and O–H groups in total. The average Bonchev–Trinajstić information content (AvgIpc) is 2.32. The van der Waals surface area contributed by atoms with Crippen LogP contribution in [0.3, 0.4) is 0 Å². The normalized spacial score (nSPS) is 14.0. The van der Waals surface area contributed by atoms with Crippen LogP contribution in [0, 0.1) is 5.82 Å². The van der Waals surface area contributed by atoms with Crippen molar-refractivity contribution in [2.75, 3.05) is 12.8 Å². The summed E-state index contributed by atoms with van der Waals surface area (Å²) in [5.41, 5.74) is 0.00893. The molecule has 6 heteroatoms. The first-order valence-corrected chi connectivity index (χ1v) is 7.89. The fourth-order valence-electron chi connectivity index (χ4n) is 1.33. The third-order valence-electron chi connectivity index (χ3n) is 2.60. The number of carbonyl (C=O) groups is 1. The van der Waals surface area contributed by atoms with Gasteiger partial charge >= 0.3 is 0 Å². The van der Waals surface area contributed by atoms with Crippen molar-refractivity contribution in [1.29, 1.82) is 0 Å². The highest BCUT2D eigenvalue weighted by Crippen LogP contribution is 2.18. The van der Waals surface area contributed by atoms with Gasteiger partial charge in [0.25, 0.3) is 5.91 Å². The van der Waals surface area contributed by atoms with E-state index < -0.39 is 22.5 Å². The van der Waals surface area contributed by atoms with Crippen molar-refractivity contribution in [1.82, 2.24) is 5.32 Å². The van der Waals surface area contributed by atoms with E-state index in [1.54, 1.807) is 12.3 Å². The number of rotatable bonds is 5. The Morgan fingerprint density at radius 3 is 2.83 bits per heavy atom. The summed E-state index contributed by atoms with van der Waals surface area (Å²) in [7, 11) is -0.910. The van der Waals surface area contributed by atoms with Crippen molar-refractivity contribution in [2.24, 2.45) is 0 Å². The molecule has 100 valence electrons. The van der Waals surface area contributed by atoms with Gasteiger partial charge in [-0.1, -0.05) is 13.0 Å². The molecule has 2 atom stereocenters. The van der Waals surface area contributed by atoms with Crippen LogP contribution in [0.1, 0.15) is 23.7 Å². The van der Waals surface area contributed by atoms with Crippen LogP contribution in [0.25, 0.3) is 0 Å². The van der Waals surface area contributed by atoms with Crippen LogP contribution in [0.2, 0.25) is 0 Å². The predicted octanol–water partition coefficient (Wildman–Crippen LogP) is 2.48. The van der Waals surface area contributed by atoms with E-state index in [2.05, 4.69) is 21.2 Å².